The normalized spacial score (nSPS) is 12.9. The lowest BCUT2D eigenvalue weighted by atomic mass is 9.94. The lowest BCUT2D eigenvalue weighted by Gasteiger charge is -2.12. The Kier molecular flexibility index (Phi) is 7.66. The van der Waals surface area contributed by atoms with Gasteiger partial charge in [-0.3, -0.25) is 0 Å². The Balaban J connectivity index is 3.32. The van der Waals surface area contributed by atoms with Gasteiger partial charge in [0.15, 0.2) is 0 Å². The molecule has 0 heterocycles. The van der Waals surface area contributed by atoms with Crippen molar-refractivity contribution in [1.82, 2.24) is 0 Å². The Hall–Kier alpha value is -0.260. The molecular formula is C11H22. The molecule has 0 radical (unpaired) electrons. The van der Waals surface area contributed by atoms with Gasteiger partial charge in [-0.15, -0.1) is 6.58 Å². The molecule has 0 aromatic heterocycles. The molecule has 0 aromatic rings. The van der Waals surface area contributed by atoms with Crippen molar-refractivity contribution < 1.29 is 0 Å². The largest absolute Gasteiger partial charge is 0.103 e. The molecule has 0 aliphatic heterocycles. The lowest BCUT2D eigenvalue weighted by Crippen LogP contribution is -1.97. The lowest BCUT2D eigenvalue weighted by molar-refractivity contribution is 0.425. The summed E-state index contributed by atoms with van der Waals surface area (Å²) < 4.78 is 0. The van der Waals surface area contributed by atoms with E-state index in [1.807, 2.05) is 6.08 Å². The van der Waals surface area contributed by atoms with Crippen molar-refractivity contribution in [2.75, 3.05) is 0 Å². The fraction of sp³-hybridized carbons (Fsp3) is 0.818. The number of hydrogen-bond acceptors (Lipinski definition) is 0. The van der Waals surface area contributed by atoms with Crippen molar-refractivity contribution in [2.45, 2.75) is 52.4 Å². The number of rotatable bonds is 7. The van der Waals surface area contributed by atoms with E-state index in [1.54, 1.807) is 0 Å². The van der Waals surface area contributed by atoms with Crippen molar-refractivity contribution in [3.63, 3.8) is 0 Å². The van der Waals surface area contributed by atoms with E-state index in [1.165, 1.54) is 38.5 Å². The monoisotopic (exact) mass is 154 g/mol. The van der Waals surface area contributed by atoms with Gasteiger partial charge in [0, 0.05) is 0 Å². The molecule has 0 unspecified atom stereocenters. The Morgan fingerprint density at radius 3 is 2.45 bits per heavy atom. The molecule has 0 fully saturated rings. The fourth-order valence-electron chi connectivity index (χ4n) is 1.40. The van der Waals surface area contributed by atoms with Gasteiger partial charge < -0.3 is 0 Å². The van der Waals surface area contributed by atoms with Crippen LogP contribution in [0.15, 0.2) is 12.7 Å². The predicted molar refractivity (Wildman–Crippen MR) is 52.7 cm³/mol. The summed E-state index contributed by atoms with van der Waals surface area (Å²) in [6, 6.07) is 0. The first-order valence-electron chi connectivity index (χ1n) is 4.96. The number of unbranched alkanes of at least 4 members (excludes halogenated alkanes) is 1. The zero-order valence-electron chi connectivity index (χ0n) is 8.10. The van der Waals surface area contributed by atoms with Crippen LogP contribution in [0.25, 0.3) is 0 Å². The van der Waals surface area contributed by atoms with Crippen LogP contribution in [0.4, 0.5) is 0 Å². The Bertz CT molecular complexity index is 84.0. The maximum Gasteiger partial charge on any atom is -0.0351 e. The van der Waals surface area contributed by atoms with Gasteiger partial charge in [0.05, 0.1) is 0 Å². The average molecular weight is 154 g/mol. The van der Waals surface area contributed by atoms with Gasteiger partial charge in [0.1, 0.15) is 0 Å². The minimum absolute atomic E-state index is 0.952. The van der Waals surface area contributed by atoms with Crippen molar-refractivity contribution in [3.8, 4) is 0 Å². The van der Waals surface area contributed by atoms with Crippen LogP contribution in [-0.2, 0) is 0 Å². The van der Waals surface area contributed by atoms with E-state index < -0.39 is 0 Å². The summed E-state index contributed by atoms with van der Waals surface area (Å²) in [7, 11) is 0. The quantitative estimate of drug-likeness (QED) is 0.483. The Labute approximate surface area is 71.7 Å². The highest BCUT2D eigenvalue weighted by Gasteiger charge is 2.03. The van der Waals surface area contributed by atoms with Crippen LogP contribution in [0.2, 0.25) is 0 Å². The molecular weight excluding hydrogens is 132 g/mol. The van der Waals surface area contributed by atoms with Crippen LogP contribution in [0.3, 0.4) is 0 Å². The van der Waals surface area contributed by atoms with Gasteiger partial charge in [-0.2, -0.15) is 0 Å². The predicted octanol–water partition coefficient (Wildman–Crippen LogP) is 4.17. The third kappa shape index (κ3) is 6.15. The molecule has 0 nitrogen and oxygen atoms in total. The van der Waals surface area contributed by atoms with E-state index >= 15 is 0 Å². The highest BCUT2D eigenvalue weighted by atomic mass is 14.1. The summed E-state index contributed by atoms with van der Waals surface area (Å²) in [5, 5.41) is 0. The van der Waals surface area contributed by atoms with Gasteiger partial charge in [0.25, 0.3) is 0 Å². The van der Waals surface area contributed by atoms with Gasteiger partial charge in [-0.1, -0.05) is 45.6 Å². The molecule has 0 aliphatic carbocycles. The minimum atomic E-state index is 0.952. The van der Waals surface area contributed by atoms with E-state index in [9.17, 15) is 0 Å². The van der Waals surface area contributed by atoms with Crippen molar-refractivity contribution in [1.29, 1.82) is 0 Å². The van der Waals surface area contributed by atoms with Crippen LogP contribution in [-0.4, -0.2) is 0 Å². The summed E-state index contributed by atoms with van der Waals surface area (Å²) >= 11 is 0. The molecule has 0 aromatic carbocycles. The zero-order chi connectivity index (χ0) is 8.53. The van der Waals surface area contributed by atoms with Crippen molar-refractivity contribution in [3.05, 3.63) is 12.7 Å². The third-order valence-electron chi connectivity index (χ3n) is 2.32. The van der Waals surface area contributed by atoms with Crippen LogP contribution >= 0.6 is 0 Å². The van der Waals surface area contributed by atoms with Gasteiger partial charge in [0.2, 0.25) is 0 Å². The molecule has 66 valence electrons. The zero-order valence-corrected chi connectivity index (χ0v) is 8.10. The molecule has 0 saturated carbocycles. The first kappa shape index (κ1) is 10.7. The molecule has 0 amide bonds. The third-order valence-corrected chi connectivity index (χ3v) is 2.32. The van der Waals surface area contributed by atoms with Gasteiger partial charge in [-0.05, 0) is 18.8 Å². The maximum absolute atomic E-state index is 3.75. The van der Waals surface area contributed by atoms with E-state index in [4.69, 9.17) is 0 Å². The smallest absolute Gasteiger partial charge is 0.0351 e. The second-order valence-corrected chi connectivity index (χ2v) is 3.28. The van der Waals surface area contributed by atoms with Crippen LogP contribution in [0.1, 0.15) is 52.4 Å². The van der Waals surface area contributed by atoms with Gasteiger partial charge >= 0.3 is 0 Å². The standard InChI is InChI=1S/C11H22/c1-4-7-9-11(6-3)10-8-5-2/h4,11H,1,5-10H2,2-3H3/t11-/m1/s1. The molecule has 0 heteroatoms. The minimum Gasteiger partial charge on any atom is -0.103 e. The Morgan fingerprint density at radius 1 is 1.27 bits per heavy atom. The van der Waals surface area contributed by atoms with Crippen molar-refractivity contribution in [2.24, 2.45) is 5.92 Å². The average Bonchev–Trinajstić information content (AvgIpc) is 2.05. The second kappa shape index (κ2) is 7.84. The summed E-state index contributed by atoms with van der Waals surface area (Å²) in [4.78, 5) is 0. The molecule has 0 rings (SSSR count). The molecule has 0 aliphatic rings. The molecule has 11 heavy (non-hydrogen) atoms. The number of hydrogen-bond donors (Lipinski definition) is 0. The van der Waals surface area contributed by atoms with Crippen LogP contribution in [0.5, 0.6) is 0 Å². The van der Waals surface area contributed by atoms with E-state index in [0.29, 0.717) is 0 Å². The topological polar surface area (TPSA) is 0 Å². The molecule has 1 atom stereocenters. The number of allylic oxidation sites excluding steroid dienone is 1. The van der Waals surface area contributed by atoms with E-state index in [2.05, 4.69) is 20.4 Å². The maximum atomic E-state index is 3.75. The van der Waals surface area contributed by atoms with Gasteiger partial charge in [-0.25, -0.2) is 0 Å². The molecule has 0 bridgehead atoms. The summed E-state index contributed by atoms with van der Waals surface area (Å²) in [5.74, 6) is 0.952. The fourth-order valence-corrected chi connectivity index (χ4v) is 1.40. The summed E-state index contributed by atoms with van der Waals surface area (Å²) in [6.07, 6.45) is 10.1. The highest BCUT2D eigenvalue weighted by Crippen LogP contribution is 2.18. The molecule has 0 spiro atoms. The SMILES string of the molecule is C=CCC[C@@H](CC)CCCC. The second-order valence-electron chi connectivity index (χ2n) is 3.28. The first-order chi connectivity index (χ1) is 5.35. The molecule has 0 saturated heterocycles. The summed E-state index contributed by atoms with van der Waals surface area (Å²) in [5.41, 5.74) is 0. The van der Waals surface area contributed by atoms with Crippen molar-refractivity contribution >= 4 is 0 Å². The summed E-state index contributed by atoms with van der Waals surface area (Å²) in [6.45, 7) is 8.31. The van der Waals surface area contributed by atoms with E-state index in [-0.39, 0.29) is 0 Å². The highest BCUT2D eigenvalue weighted by molar-refractivity contribution is 4.69. The molecule has 0 N–H and O–H groups in total. The van der Waals surface area contributed by atoms with E-state index in [0.717, 1.165) is 5.92 Å². The first-order valence-corrected chi connectivity index (χ1v) is 4.96. The Morgan fingerprint density at radius 2 is 2.00 bits per heavy atom. The van der Waals surface area contributed by atoms with Crippen LogP contribution < -0.4 is 0 Å². The van der Waals surface area contributed by atoms with Crippen LogP contribution in [0, 0.1) is 5.92 Å².